The van der Waals surface area contributed by atoms with Crippen molar-refractivity contribution < 1.29 is 9.59 Å². The monoisotopic (exact) mass is 408 g/mol. The van der Waals surface area contributed by atoms with Gasteiger partial charge in [-0.2, -0.15) is 5.26 Å². The van der Waals surface area contributed by atoms with Crippen molar-refractivity contribution in [2.75, 3.05) is 43.8 Å². The Hall–Kier alpha value is -2.82. The van der Waals surface area contributed by atoms with E-state index in [9.17, 15) is 9.59 Å². The number of anilines is 1. The van der Waals surface area contributed by atoms with E-state index in [0.717, 1.165) is 37.6 Å². The minimum absolute atomic E-state index is 0.0194. The Morgan fingerprint density at radius 3 is 2.59 bits per heavy atom. The van der Waals surface area contributed by atoms with Crippen molar-refractivity contribution in [3.8, 4) is 6.07 Å². The van der Waals surface area contributed by atoms with E-state index in [1.165, 1.54) is 11.8 Å². The molecule has 7 heteroatoms. The summed E-state index contributed by atoms with van der Waals surface area (Å²) in [5, 5.41) is 11.8. The molecule has 0 bridgehead atoms. The summed E-state index contributed by atoms with van der Waals surface area (Å²) < 4.78 is 0. The van der Waals surface area contributed by atoms with Gasteiger partial charge in [-0.3, -0.25) is 9.59 Å². The summed E-state index contributed by atoms with van der Waals surface area (Å²) in [4.78, 5) is 30.3. The molecule has 1 saturated heterocycles. The molecule has 3 rings (SSSR count). The van der Waals surface area contributed by atoms with E-state index in [0.29, 0.717) is 16.8 Å². The van der Waals surface area contributed by atoms with Crippen molar-refractivity contribution in [3.05, 3.63) is 59.7 Å². The number of hydrogen-bond acceptors (Lipinski definition) is 5. The van der Waals surface area contributed by atoms with Crippen molar-refractivity contribution in [2.24, 2.45) is 0 Å². The number of benzene rings is 2. The molecule has 1 N–H and O–H groups in total. The van der Waals surface area contributed by atoms with Crippen LogP contribution in [-0.2, 0) is 4.79 Å². The van der Waals surface area contributed by atoms with E-state index in [4.69, 9.17) is 5.26 Å². The van der Waals surface area contributed by atoms with Crippen LogP contribution in [0.15, 0.2) is 53.4 Å². The quantitative estimate of drug-likeness (QED) is 0.744. The molecule has 1 fully saturated rings. The number of carbonyl (C=O) groups is 2. The number of nitrogens with zero attached hydrogens (tertiary/aromatic N) is 3. The van der Waals surface area contributed by atoms with Crippen LogP contribution in [0.25, 0.3) is 0 Å². The molecule has 0 saturated carbocycles. The molecule has 2 amide bonds. The second-order valence-electron chi connectivity index (χ2n) is 6.75. The van der Waals surface area contributed by atoms with Crippen LogP contribution in [0.5, 0.6) is 0 Å². The van der Waals surface area contributed by atoms with Gasteiger partial charge in [0.25, 0.3) is 5.91 Å². The average Bonchev–Trinajstić information content (AvgIpc) is 2.77. The van der Waals surface area contributed by atoms with Gasteiger partial charge in [0.05, 0.1) is 22.9 Å². The minimum atomic E-state index is -0.177. The van der Waals surface area contributed by atoms with Gasteiger partial charge in [-0.1, -0.05) is 25.1 Å². The lowest BCUT2D eigenvalue weighted by atomic mass is 10.2. The minimum Gasteiger partial charge on any atom is -0.336 e. The highest BCUT2D eigenvalue weighted by molar-refractivity contribution is 8.00. The van der Waals surface area contributed by atoms with E-state index in [1.54, 1.807) is 24.3 Å². The molecule has 0 spiro atoms. The molecule has 0 atom stereocenters. The first kappa shape index (κ1) is 20.9. The van der Waals surface area contributed by atoms with Gasteiger partial charge in [0, 0.05) is 36.8 Å². The highest BCUT2D eigenvalue weighted by Gasteiger charge is 2.23. The van der Waals surface area contributed by atoms with E-state index in [1.807, 2.05) is 29.2 Å². The predicted octanol–water partition coefficient (Wildman–Crippen LogP) is 3.07. The summed E-state index contributed by atoms with van der Waals surface area (Å²) in [6.07, 6.45) is 0. The zero-order chi connectivity index (χ0) is 20.6. The number of likely N-dealkylation sites (N-methyl/N-ethyl adjacent to an activating group) is 1. The molecular weight excluding hydrogens is 384 g/mol. The van der Waals surface area contributed by atoms with E-state index in [2.05, 4.69) is 23.2 Å². The number of nitriles is 1. The molecule has 1 aliphatic rings. The summed E-state index contributed by atoms with van der Waals surface area (Å²) in [6, 6.07) is 16.3. The van der Waals surface area contributed by atoms with Gasteiger partial charge >= 0.3 is 0 Å². The standard InChI is InChI=1S/C22H24N4O2S/c1-2-25-10-12-26(13-11-25)22(28)19-8-3-4-9-20(19)29-16-21(27)24-18-7-5-6-17(14-18)15-23/h3-9,14H,2,10-13,16H2,1H3,(H,24,27). The molecule has 2 aromatic carbocycles. The number of piperazine rings is 1. The average molecular weight is 409 g/mol. The zero-order valence-corrected chi connectivity index (χ0v) is 17.2. The smallest absolute Gasteiger partial charge is 0.255 e. The number of carbonyl (C=O) groups excluding carboxylic acids is 2. The molecule has 6 nitrogen and oxygen atoms in total. The van der Waals surface area contributed by atoms with Crippen molar-refractivity contribution in [1.29, 1.82) is 5.26 Å². The first-order valence-corrected chi connectivity index (χ1v) is 10.6. The van der Waals surface area contributed by atoms with Crippen LogP contribution in [0.4, 0.5) is 5.69 Å². The van der Waals surface area contributed by atoms with Gasteiger partial charge in [-0.05, 0) is 36.9 Å². The first-order chi connectivity index (χ1) is 14.1. The fourth-order valence-electron chi connectivity index (χ4n) is 3.21. The second kappa shape index (κ2) is 10.1. The first-order valence-electron chi connectivity index (χ1n) is 9.64. The lowest BCUT2D eigenvalue weighted by Crippen LogP contribution is -2.48. The molecule has 1 aliphatic heterocycles. The maximum Gasteiger partial charge on any atom is 0.255 e. The summed E-state index contributed by atoms with van der Waals surface area (Å²) >= 11 is 1.35. The maximum absolute atomic E-state index is 13.0. The van der Waals surface area contributed by atoms with Crippen molar-refractivity contribution in [3.63, 3.8) is 0 Å². The van der Waals surface area contributed by atoms with Crippen molar-refractivity contribution in [2.45, 2.75) is 11.8 Å². The van der Waals surface area contributed by atoms with Crippen LogP contribution >= 0.6 is 11.8 Å². The van der Waals surface area contributed by atoms with E-state index in [-0.39, 0.29) is 17.6 Å². The molecule has 0 aromatic heterocycles. The number of nitrogens with one attached hydrogen (secondary N) is 1. The summed E-state index contributed by atoms with van der Waals surface area (Å²) in [5.74, 6) is 0.0277. The lowest BCUT2D eigenvalue weighted by Gasteiger charge is -2.34. The highest BCUT2D eigenvalue weighted by atomic mass is 32.2. The van der Waals surface area contributed by atoms with Gasteiger partial charge in [-0.25, -0.2) is 0 Å². The van der Waals surface area contributed by atoms with Crippen molar-refractivity contribution >= 4 is 29.3 Å². The third-order valence-electron chi connectivity index (χ3n) is 4.86. The third-order valence-corrected chi connectivity index (χ3v) is 5.93. The SMILES string of the molecule is CCN1CCN(C(=O)c2ccccc2SCC(=O)Nc2cccc(C#N)c2)CC1. The maximum atomic E-state index is 13.0. The topological polar surface area (TPSA) is 76.4 Å². The van der Waals surface area contributed by atoms with Crippen LogP contribution in [0.1, 0.15) is 22.8 Å². The van der Waals surface area contributed by atoms with Gasteiger partial charge in [0.2, 0.25) is 5.91 Å². The molecule has 1 heterocycles. The summed E-state index contributed by atoms with van der Waals surface area (Å²) in [5.41, 5.74) is 1.73. The normalized spacial score (nSPS) is 14.3. The Morgan fingerprint density at radius 1 is 1.10 bits per heavy atom. The molecule has 150 valence electrons. The Labute approximate surface area is 175 Å². The Balaban J connectivity index is 1.61. The molecule has 0 aliphatic carbocycles. The van der Waals surface area contributed by atoms with Gasteiger partial charge in [0.15, 0.2) is 0 Å². The Kier molecular flexibility index (Phi) is 7.28. The van der Waals surface area contributed by atoms with Crippen LogP contribution in [0, 0.1) is 11.3 Å². The molecule has 0 radical (unpaired) electrons. The zero-order valence-electron chi connectivity index (χ0n) is 16.4. The number of amides is 2. The van der Waals surface area contributed by atoms with Gasteiger partial charge in [0.1, 0.15) is 0 Å². The highest BCUT2D eigenvalue weighted by Crippen LogP contribution is 2.24. The third kappa shape index (κ3) is 5.59. The summed E-state index contributed by atoms with van der Waals surface area (Å²) in [7, 11) is 0. The van der Waals surface area contributed by atoms with Crippen molar-refractivity contribution in [1.82, 2.24) is 9.80 Å². The van der Waals surface area contributed by atoms with E-state index >= 15 is 0 Å². The predicted molar refractivity (Wildman–Crippen MR) is 115 cm³/mol. The molecule has 0 unspecified atom stereocenters. The fourth-order valence-corrected chi connectivity index (χ4v) is 4.06. The van der Waals surface area contributed by atoms with Gasteiger partial charge in [-0.15, -0.1) is 11.8 Å². The summed E-state index contributed by atoms with van der Waals surface area (Å²) in [6.45, 7) is 6.36. The number of hydrogen-bond donors (Lipinski definition) is 1. The molecule has 2 aromatic rings. The van der Waals surface area contributed by atoms with E-state index < -0.39 is 0 Å². The van der Waals surface area contributed by atoms with Crippen LogP contribution in [-0.4, -0.2) is 60.1 Å². The van der Waals surface area contributed by atoms with Gasteiger partial charge < -0.3 is 15.1 Å². The van der Waals surface area contributed by atoms with Crippen LogP contribution in [0.3, 0.4) is 0 Å². The largest absolute Gasteiger partial charge is 0.336 e. The second-order valence-corrected chi connectivity index (χ2v) is 7.77. The fraction of sp³-hybridized carbons (Fsp3) is 0.318. The van der Waals surface area contributed by atoms with Crippen LogP contribution in [0.2, 0.25) is 0 Å². The lowest BCUT2D eigenvalue weighted by molar-refractivity contribution is -0.113. The molecular formula is C22H24N4O2S. The molecule has 29 heavy (non-hydrogen) atoms. The number of thioether (sulfide) groups is 1. The Bertz CT molecular complexity index is 917. The number of rotatable bonds is 6. The van der Waals surface area contributed by atoms with Crippen LogP contribution < -0.4 is 5.32 Å². The Morgan fingerprint density at radius 2 is 1.86 bits per heavy atom.